The van der Waals surface area contributed by atoms with Crippen LogP contribution in [-0.2, 0) is 10.0 Å². The van der Waals surface area contributed by atoms with Crippen molar-refractivity contribution in [3.63, 3.8) is 0 Å². The summed E-state index contributed by atoms with van der Waals surface area (Å²) in [4.78, 5) is 14.4. The van der Waals surface area contributed by atoms with Crippen LogP contribution in [0.25, 0.3) is 11.1 Å². The van der Waals surface area contributed by atoms with Crippen LogP contribution in [0.1, 0.15) is 21.9 Å². The van der Waals surface area contributed by atoms with Gasteiger partial charge in [-0.1, -0.05) is 48.5 Å². The van der Waals surface area contributed by atoms with Gasteiger partial charge in [-0.15, -0.1) is 4.83 Å². The van der Waals surface area contributed by atoms with Gasteiger partial charge < -0.3 is 4.42 Å². The van der Waals surface area contributed by atoms with Crippen molar-refractivity contribution >= 4 is 15.9 Å². The van der Waals surface area contributed by atoms with Gasteiger partial charge in [0.25, 0.3) is 15.9 Å². The Morgan fingerprint density at radius 1 is 0.962 bits per heavy atom. The molecule has 0 unspecified atom stereocenters. The van der Waals surface area contributed by atoms with Gasteiger partial charge in [-0.05, 0) is 31.5 Å². The van der Waals surface area contributed by atoms with E-state index in [9.17, 15) is 13.2 Å². The lowest BCUT2D eigenvalue weighted by Gasteiger charge is -2.12. The molecule has 0 bridgehead atoms. The van der Waals surface area contributed by atoms with Gasteiger partial charge in [0, 0.05) is 5.56 Å². The lowest BCUT2D eigenvalue weighted by molar-refractivity contribution is 0.0943. The van der Waals surface area contributed by atoms with Gasteiger partial charge in [-0.2, -0.15) is 0 Å². The van der Waals surface area contributed by atoms with Gasteiger partial charge >= 0.3 is 0 Å². The second kappa shape index (κ2) is 7.15. The molecule has 0 aliphatic rings. The quantitative estimate of drug-likeness (QED) is 0.675. The van der Waals surface area contributed by atoms with E-state index in [0.717, 1.165) is 5.56 Å². The zero-order chi connectivity index (χ0) is 18.7. The van der Waals surface area contributed by atoms with Gasteiger partial charge in [0.1, 0.15) is 11.5 Å². The third kappa shape index (κ3) is 3.68. The number of rotatable bonds is 5. The number of hydrogen-bond donors (Lipinski definition) is 2. The van der Waals surface area contributed by atoms with Crippen molar-refractivity contribution in [3.8, 4) is 11.1 Å². The number of furan rings is 1. The fourth-order valence-electron chi connectivity index (χ4n) is 2.65. The molecule has 2 N–H and O–H groups in total. The molecule has 0 saturated heterocycles. The molecule has 7 heteroatoms. The van der Waals surface area contributed by atoms with E-state index in [-0.39, 0.29) is 10.5 Å². The molecule has 0 spiro atoms. The first-order valence-corrected chi connectivity index (χ1v) is 9.40. The monoisotopic (exact) mass is 370 g/mol. The molecule has 134 valence electrons. The van der Waals surface area contributed by atoms with Crippen LogP contribution in [-0.4, -0.2) is 14.3 Å². The molecule has 1 amide bonds. The predicted octanol–water partition coefficient (Wildman–Crippen LogP) is 3.19. The fraction of sp³-hybridized carbons (Fsp3) is 0.105. The minimum atomic E-state index is -3.96. The smallest absolute Gasteiger partial charge is 0.269 e. The van der Waals surface area contributed by atoms with Crippen molar-refractivity contribution < 1.29 is 17.6 Å². The Labute approximate surface area is 151 Å². The van der Waals surface area contributed by atoms with E-state index < -0.39 is 15.9 Å². The van der Waals surface area contributed by atoms with E-state index in [0.29, 0.717) is 17.1 Å². The number of amides is 1. The maximum atomic E-state index is 12.7. The summed E-state index contributed by atoms with van der Waals surface area (Å²) >= 11 is 0. The van der Waals surface area contributed by atoms with Crippen molar-refractivity contribution in [1.29, 1.82) is 0 Å². The highest BCUT2D eigenvalue weighted by Crippen LogP contribution is 2.26. The number of nitrogens with one attached hydrogen (secondary N) is 2. The highest BCUT2D eigenvalue weighted by atomic mass is 32.2. The maximum Gasteiger partial charge on any atom is 0.269 e. The van der Waals surface area contributed by atoms with Crippen LogP contribution in [0, 0.1) is 13.8 Å². The van der Waals surface area contributed by atoms with Crippen LogP contribution in [0.3, 0.4) is 0 Å². The fourth-order valence-corrected chi connectivity index (χ4v) is 3.72. The topological polar surface area (TPSA) is 88.4 Å². The number of aryl methyl sites for hydroxylation is 2. The second-order valence-electron chi connectivity index (χ2n) is 5.75. The van der Waals surface area contributed by atoms with E-state index in [2.05, 4.69) is 10.3 Å². The summed E-state index contributed by atoms with van der Waals surface area (Å²) in [7, 11) is -3.96. The third-order valence-electron chi connectivity index (χ3n) is 3.85. The Bertz CT molecular complexity index is 1040. The van der Waals surface area contributed by atoms with E-state index in [1.54, 1.807) is 38.1 Å². The highest BCUT2D eigenvalue weighted by Gasteiger charge is 2.21. The number of hydrazine groups is 1. The van der Waals surface area contributed by atoms with Gasteiger partial charge in [-0.3, -0.25) is 10.2 Å². The number of carbonyl (C=O) groups is 1. The summed E-state index contributed by atoms with van der Waals surface area (Å²) in [5.41, 5.74) is 3.82. The van der Waals surface area contributed by atoms with Crippen LogP contribution in [0.5, 0.6) is 0 Å². The normalized spacial score (nSPS) is 11.3. The van der Waals surface area contributed by atoms with Crippen molar-refractivity contribution in [3.05, 3.63) is 77.7 Å². The number of benzene rings is 2. The Kier molecular flexibility index (Phi) is 4.92. The first kappa shape index (κ1) is 17.9. The van der Waals surface area contributed by atoms with Crippen LogP contribution in [0.4, 0.5) is 0 Å². The molecule has 0 fully saturated rings. The van der Waals surface area contributed by atoms with Crippen molar-refractivity contribution in [2.24, 2.45) is 0 Å². The molecule has 0 aliphatic carbocycles. The molecular formula is C19H18N2O4S. The highest BCUT2D eigenvalue weighted by molar-refractivity contribution is 7.89. The summed E-state index contributed by atoms with van der Waals surface area (Å²) in [5.74, 6) is 0.411. The van der Waals surface area contributed by atoms with Crippen molar-refractivity contribution in [2.75, 3.05) is 0 Å². The third-order valence-corrected chi connectivity index (χ3v) is 5.15. The average molecular weight is 370 g/mol. The molecule has 0 aliphatic heterocycles. The summed E-state index contributed by atoms with van der Waals surface area (Å²) in [6.07, 6.45) is 0. The molecule has 3 aromatic rings. The van der Waals surface area contributed by atoms with Gasteiger partial charge in [-0.25, -0.2) is 8.42 Å². The zero-order valence-electron chi connectivity index (χ0n) is 14.3. The van der Waals surface area contributed by atoms with E-state index >= 15 is 0 Å². The predicted molar refractivity (Wildman–Crippen MR) is 97.8 cm³/mol. The number of sulfonamides is 1. The molecule has 0 saturated carbocycles. The largest absolute Gasteiger partial charge is 0.466 e. The van der Waals surface area contributed by atoms with Crippen LogP contribution in [0.2, 0.25) is 0 Å². The molecular weight excluding hydrogens is 352 g/mol. The summed E-state index contributed by atoms with van der Waals surface area (Å²) in [5, 5.41) is 0. The van der Waals surface area contributed by atoms with Crippen molar-refractivity contribution in [1.82, 2.24) is 10.3 Å². The van der Waals surface area contributed by atoms with Gasteiger partial charge in [0.2, 0.25) is 0 Å². The standard InChI is InChI=1S/C19H18N2O4S/c1-13-12-17(14(2)25-13)19(22)20-21-26(23,24)18-11-7-6-10-16(18)15-8-4-3-5-9-15/h3-12,21H,1-2H3,(H,20,22). The minimum Gasteiger partial charge on any atom is -0.466 e. The van der Waals surface area contributed by atoms with E-state index in [1.165, 1.54) is 6.07 Å². The maximum absolute atomic E-state index is 12.7. The van der Waals surface area contributed by atoms with E-state index in [4.69, 9.17) is 4.42 Å². The second-order valence-corrected chi connectivity index (χ2v) is 7.40. The summed E-state index contributed by atoms with van der Waals surface area (Å²) in [6.45, 7) is 3.35. The summed E-state index contributed by atoms with van der Waals surface area (Å²) in [6, 6.07) is 17.3. The molecule has 3 rings (SSSR count). The minimum absolute atomic E-state index is 0.0756. The lowest BCUT2D eigenvalue weighted by Crippen LogP contribution is -2.41. The Balaban J connectivity index is 1.86. The van der Waals surface area contributed by atoms with Crippen molar-refractivity contribution in [2.45, 2.75) is 18.7 Å². The Hall–Kier alpha value is -2.90. The van der Waals surface area contributed by atoms with Crippen LogP contribution >= 0.6 is 0 Å². The molecule has 0 radical (unpaired) electrons. The molecule has 0 atom stereocenters. The van der Waals surface area contributed by atoms with E-state index in [1.807, 2.05) is 30.3 Å². The Morgan fingerprint density at radius 3 is 2.27 bits per heavy atom. The number of hydrogen-bond acceptors (Lipinski definition) is 4. The molecule has 26 heavy (non-hydrogen) atoms. The average Bonchev–Trinajstić information content (AvgIpc) is 2.99. The summed E-state index contributed by atoms with van der Waals surface area (Å²) < 4.78 is 30.7. The first-order chi connectivity index (χ1) is 12.4. The molecule has 6 nitrogen and oxygen atoms in total. The molecule has 2 aromatic carbocycles. The van der Waals surface area contributed by atoms with Gasteiger partial charge in [0.05, 0.1) is 10.5 Å². The SMILES string of the molecule is Cc1cc(C(=O)NNS(=O)(=O)c2ccccc2-c2ccccc2)c(C)o1. The Morgan fingerprint density at radius 2 is 1.62 bits per heavy atom. The zero-order valence-corrected chi connectivity index (χ0v) is 15.1. The van der Waals surface area contributed by atoms with Crippen LogP contribution < -0.4 is 10.3 Å². The number of carbonyl (C=O) groups excluding carboxylic acids is 1. The first-order valence-electron chi connectivity index (χ1n) is 7.92. The van der Waals surface area contributed by atoms with Crippen LogP contribution in [0.15, 0.2) is 70.0 Å². The van der Waals surface area contributed by atoms with Gasteiger partial charge in [0.15, 0.2) is 0 Å². The molecule has 1 heterocycles. The molecule has 1 aromatic heterocycles. The lowest BCUT2D eigenvalue weighted by atomic mass is 10.1.